The van der Waals surface area contributed by atoms with Crippen LogP contribution in [0.2, 0.25) is 10.0 Å². The number of nitrogens with zero attached hydrogens (tertiary/aromatic N) is 2. The van der Waals surface area contributed by atoms with Crippen molar-refractivity contribution in [2.75, 3.05) is 13.2 Å². The van der Waals surface area contributed by atoms with Crippen LogP contribution >= 0.6 is 23.2 Å². The molecule has 4 rings (SSSR count). The summed E-state index contributed by atoms with van der Waals surface area (Å²) in [5, 5.41) is 0.384. The maximum absolute atomic E-state index is 13.0. The number of fused-ring (bicyclic) bond motifs is 1. The molecule has 8 heteroatoms. The topological polar surface area (TPSA) is 68.6 Å². The van der Waals surface area contributed by atoms with Crippen molar-refractivity contribution in [1.29, 1.82) is 0 Å². The van der Waals surface area contributed by atoms with Crippen molar-refractivity contribution in [3.8, 4) is 0 Å². The zero-order valence-corrected chi connectivity index (χ0v) is 17.6. The Balaban J connectivity index is 1.56. The van der Waals surface area contributed by atoms with E-state index in [1.165, 1.54) is 12.1 Å². The number of benzene rings is 1. The van der Waals surface area contributed by atoms with Crippen LogP contribution in [0, 0.1) is 13.8 Å². The van der Waals surface area contributed by atoms with E-state index in [1.54, 1.807) is 6.07 Å². The van der Waals surface area contributed by atoms with Crippen LogP contribution in [-0.2, 0) is 11.3 Å². The van der Waals surface area contributed by atoms with Gasteiger partial charge in [0, 0.05) is 30.1 Å². The van der Waals surface area contributed by atoms with Crippen molar-refractivity contribution in [3.05, 3.63) is 56.3 Å². The maximum Gasteiger partial charge on any atom is 0.262 e. The van der Waals surface area contributed by atoms with Gasteiger partial charge < -0.3 is 9.30 Å². The van der Waals surface area contributed by atoms with E-state index < -0.39 is 11.8 Å². The number of ether oxygens (including phenoxy) is 1. The second kappa shape index (κ2) is 7.59. The van der Waals surface area contributed by atoms with E-state index in [0.29, 0.717) is 12.1 Å². The Morgan fingerprint density at radius 2 is 1.72 bits per heavy atom. The van der Waals surface area contributed by atoms with E-state index in [4.69, 9.17) is 27.9 Å². The predicted molar refractivity (Wildman–Crippen MR) is 109 cm³/mol. The number of hydrogen-bond donors (Lipinski definition) is 0. The fourth-order valence-corrected chi connectivity index (χ4v) is 4.34. The summed E-state index contributed by atoms with van der Waals surface area (Å²) in [6.45, 7) is 4.94. The van der Waals surface area contributed by atoms with Crippen LogP contribution in [0.25, 0.3) is 0 Å². The van der Waals surface area contributed by atoms with Crippen LogP contribution in [0.4, 0.5) is 0 Å². The highest BCUT2D eigenvalue weighted by atomic mass is 35.5. The first-order valence-electron chi connectivity index (χ1n) is 9.44. The fraction of sp³-hybridized carbons (Fsp3) is 0.381. The predicted octanol–water partition coefficient (Wildman–Crippen LogP) is 4.07. The van der Waals surface area contributed by atoms with Gasteiger partial charge in [0.2, 0.25) is 0 Å². The Morgan fingerprint density at radius 3 is 2.28 bits per heavy atom. The molecular weight excluding hydrogens is 415 g/mol. The number of ketones is 1. The summed E-state index contributed by atoms with van der Waals surface area (Å²) in [4.78, 5) is 39.2. The molecule has 0 bridgehead atoms. The third-order valence-corrected chi connectivity index (χ3v) is 6.32. The normalized spacial score (nSPS) is 18.6. The molecule has 0 saturated carbocycles. The number of Topliss-reactive ketones (excluding diaryl/α,β-unsaturated/α-hetero) is 1. The Hall–Kier alpha value is -2.15. The van der Waals surface area contributed by atoms with Crippen LogP contribution in [0.3, 0.4) is 0 Å². The number of amides is 2. The summed E-state index contributed by atoms with van der Waals surface area (Å²) < 4.78 is 7.76. The first kappa shape index (κ1) is 20.1. The number of aromatic nitrogens is 1. The van der Waals surface area contributed by atoms with Crippen LogP contribution in [0.15, 0.2) is 18.2 Å². The van der Waals surface area contributed by atoms with E-state index in [9.17, 15) is 14.4 Å². The average Bonchev–Trinajstić information content (AvgIpc) is 3.35. The smallest absolute Gasteiger partial charge is 0.262 e. The summed E-state index contributed by atoms with van der Waals surface area (Å²) in [6, 6.07) is 4.55. The van der Waals surface area contributed by atoms with Gasteiger partial charge in [-0.05, 0) is 44.9 Å². The quantitative estimate of drug-likeness (QED) is 0.525. The molecule has 2 aliphatic heterocycles. The SMILES string of the molecule is Cc1cc(C(=O)CN2C(=O)c3cc(Cl)c(Cl)cc3C2=O)c(C)n1CC1CCCO1. The lowest BCUT2D eigenvalue weighted by Gasteiger charge is -2.15. The van der Waals surface area contributed by atoms with Gasteiger partial charge in [0.1, 0.15) is 0 Å². The van der Waals surface area contributed by atoms with Gasteiger partial charge >= 0.3 is 0 Å². The van der Waals surface area contributed by atoms with E-state index in [1.807, 2.05) is 13.8 Å². The van der Waals surface area contributed by atoms with Gasteiger partial charge in [-0.15, -0.1) is 0 Å². The second-order valence-electron chi connectivity index (χ2n) is 7.46. The first-order valence-corrected chi connectivity index (χ1v) is 10.2. The highest BCUT2D eigenvalue weighted by molar-refractivity contribution is 6.43. The van der Waals surface area contributed by atoms with Crippen molar-refractivity contribution in [3.63, 3.8) is 0 Å². The van der Waals surface area contributed by atoms with Gasteiger partial charge in [-0.1, -0.05) is 23.2 Å². The molecule has 1 saturated heterocycles. The van der Waals surface area contributed by atoms with Gasteiger partial charge in [0.05, 0.1) is 33.8 Å². The zero-order valence-electron chi connectivity index (χ0n) is 16.1. The number of rotatable bonds is 5. The number of imide groups is 1. The monoisotopic (exact) mass is 434 g/mol. The minimum absolute atomic E-state index is 0.147. The lowest BCUT2D eigenvalue weighted by atomic mass is 10.1. The maximum atomic E-state index is 13.0. The van der Waals surface area contributed by atoms with Gasteiger partial charge in [-0.3, -0.25) is 19.3 Å². The van der Waals surface area contributed by atoms with Crippen molar-refractivity contribution >= 4 is 40.8 Å². The molecule has 2 amide bonds. The molecular formula is C21H20Cl2N2O4. The highest BCUT2D eigenvalue weighted by Gasteiger charge is 2.38. The number of hydrogen-bond acceptors (Lipinski definition) is 4. The zero-order chi connectivity index (χ0) is 20.9. The molecule has 1 fully saturated rings. The third kappa shape index (κ3) is 3.50. The van der Waals surface area contributed by atoms with Crippen molar-refractivity contribution < 1.29 is 19.1 Å². The van der Waals surface area contributed by atoms with Crippen LogP contribution in [0.1, 0.15) is 55.3 Å². The van der Waals surface area contributed by atoms with E-state index in [2.05, 4.69) is 4.57 Å². The molecule has 0 aliphatic carbocycles. The van der Waals surface area contributed by atoms with Gasteiger partial charge in [-0.2, -0.15) is 0 Å². The minimum Gasteiger partial charge on any atom is -0.376 e. The number of aryl methyl sites for hydroxylation is 1. The Labute approximate surface area is 178 Å². The summed E-state index contributed by atoms with van der Waals surface area (Å²) >= 11 is 11.9. The van der Waals surface area contributed by atoms with Crippen LogP contribution in [0.5, 0.6) is 0 Å². The summed E-state index contributed by atoms with van der Waals surface area (Å²) in [5.41, 5.74) is 2.60. The largest absolute Gasteiger partial charge is 0.376 e. The minimum atomic E-state index is -0.537. The van der Waals surface area contributed by atoms with Gasteiger partial charge in [0.15, 0.2) is 5.78 Å². The molecule has 1 atom stereocenters. The first-order chi connectivity index (χ1) is 13.8. The average molecular weight is 435 g/mol. The van der Waals surface area contributed by atoms with E-state index in [-0.39, 0.29) is 39.6 Å². The molecule has 29 heavy (non-hydrogen) atoms. The fourth-order valence-electron chi connectivity index (χ4n) is 4.01. The molecule has 0 spiro atoms. The van der Waals surface area contributed by atoms with E-state index >= 15 is 0 Å². The Kier molecular flexibility index (Phi) is 5.27. The summed E-state index contributed by atoms with van der Waals surface area (Å²) in [6.07, 6.45) is 2.19. The molecule has 152 valence electrons. The molecule has 2 aliphatic rings. The van der Waals surface area contributed by atoms with Crippen LogP contribution < -0.4 is 0 Å². The molecule has 0 N–H and O–H groups in total. The highest BCUT2D eigenvalue weighted by Crippen LogP contribution is 2.32. The molecule has 1 aromatic carbocycles. The molecule has 1 unspecified atom stereocenters. The molecule has 0 radical (unpaired) electrons. The van der Waals surface area contributed by atoms with Crippen LogP contribution in [-0.4, -0.2) is 46.3 Å². The Bertz CT molecular complexity index is 997. The standard InChI is InChI=1S/C21H20Cl2N2O4/c1-11-6-14(12(2)24(11)9-13-4-3-5-29-13)19(26)10-25-20(27)15-7-17(22)18(23)8-16(15)21(25)28/h6-8,13H,3-5,9-10H2,1-2H3. The number of carbonyl (C=O) groups is 3. The van der Waals surface area contributed by atoms with Crippen molar-refractivity contribution in [2.24, 2.45) is 0 Å². The number of carbonyl (C=O) groups excluding carboxylic acids is 3. The molecule has 2 aromatic rings. The number of halogens is 2. The van der Waals surface area contributed by atoms with Gasteiger partial charge in [0.25, 0.3) is 11.8 Å². The lowest BCUT2D eigenvalue weighted by Crippen LogP contribution is -2.35. The molecule has 3 heterocycles. The van der Waals surface area contributed by atoms with Crippen molar-refractivity contribution in [2.45, 2.75) is 39.3 Å². The van der Waals surface area contributed by atoms with Gasteiger partial charge in [-0.25, -0.2) is 0 Å². The molecule has 1 aromatic heterocycles. The summed E-state index contributed by atoms with van der Waals surface area (Å²) in [5.74, 6) is -1.36. The second-order valence-corrected chi connectivity index (χ2v) is 8.28. The van der Waals surface area contributed by atoms with Crippen molar-refractivity contribution in [1.82, 2.24) is 9.47 Å². The molecule has 6 nitrogen and oxygen atoms in total. The lowest BCUT2D eigenvalue weighted by molar-refractivity contribution is 0.0624. The third-order valence-electron chi connectivity index (χ3n) is 5.60. The van der Waals surface area contributed by atoms with E-state index in [0.717, 1.165) is 35.7 Å². The summed E-state index contributed by atoms with van der Waals surface area (Å²) in [7, 11) is 0. The Morgan fingerprint density at radius 1 is 1.10 bits per heavy atom.